The highest BCUT2D eigenvalue weighted by Gasteiger charge is 2.15. The van der Waals surface area contributed by atoms with Crippen molar-refractivity contribution >= 4 is 23.2 Å². The molecule has 0 aromatic heterocycles. The molecule has 1 aliphatic carbocycles. The SMILES string of the molecule is OC(CC1=CCCCC1)c1cc(Cl)ccc1Cl. The molecule has 1 N–H and O–H groups in total. The Morgan fingerprint density at radius 2 is 2.06 bits per heavy atom. The average molecular weight is 271 g/mol. The van der Waals surface area contributed by atoms with Crippen LogP contribution in [-0.2, 0) is 0 Å². The van der Waals surface area contributed by atoms with Crippen LogP contribution in [0.3, 0.4) is 0 Å². The monoisotopic (exact) mass is 270 g/mol. The maximum absolute atomic E-state index is 10.2. The highest BCUT2D eigenvalue weighted by atomic mass is 35.5. The van der Waals surface area contributed by atoms with Gasteiger partial charge in [0, 0.05) is 15.6 Å². The van der Waals surface area contributed by atoms with Gasteiger partial charge >= 0.3 is 0 Å². The highest BCUT2D eigenvalue weighted by Crippen LogP contribution is 2.32. The van der Waals surface area contributed by atoms with E-state index in [0.717, 1.165) is 18.4 Å². The molecule has 0 heterocycles. The lowest BCUT2D eigenvalue weighted by Gasteiger charge is -2.18. The summed E-state index contributed by atoms with van der Waals surface area (Å²) in [6, 6.07) is 5.22. The molecule has 0 amide bonds. The van der Waals surface area contributed by atoms with Crippen molar-refractivity contribution in [2.24, 2.45) is 0 Å². The quantitative estimate of drug-likeness (QED) is 0.774. The molecule has 92 valence electrons. The van der Waals surface area contributed by atoms with Crippen LogP contribution in [0.15, 0.2) is 29.8 Å². The Morgan fingerprint density at radius 3 is 2.76 bits per heavy atom. The molecule has 0 bridgehead atoms. The summed E-state index contributed by atoms with van der Waals surface area (Å²) in [7, 11) is 0. The van der Waals surface area contributed by atoms with E-state index in [-0.39, 0.29) is 0 Å². The standard InChI is InChI=1S/C14H16Cl2O/c15-11-6-7-13(16)12(9-11)14(17)8-10-4-2-1-3-5-10/h4,6-7,9,14,17H,1-3,5,8H2. The third-order valence-electron chi connectivity index (χ3n) is 3.16. The minimum atomic E-state index is -0.550. The molecule has 1 unspecified atom stereocenters. The summed E-state index contributed by atoms with van der Waals surface area (Å²) < 4.78 is 0. The van der Waals surface area contributed by atoms with E-state index in [1.54, 1.807) is 18.2 Å². The van der Waals surface area contributed by atoms with Gasteiger partial charge in [-0.05, 0) is 50.3 Å². The van der Waals surface area contributed by atoms with Crippen LogP contribution in [0.1, 0.15) is 43.8 Å². The minimum Gasteiger partial charge on any atom is -0.388 e. The predicted molar refractivity (Wildman–Crippen MR) is 72.6 cm³/mol. The van der Waals surface area contributed by atoms with E-state index in [4.69, 9.17) is 23.2 Å². The first-order valence-corrected chi connectivity index (χ1v) is 6.73. The van der Waals surface area contributed by atoms with E-state index in [9.17, 15) is 5.11 Å². The largest absolute Gasteiger partial charge is 0.388 e. The Morgan fingerprint density at radius 1 is 1.24 bits per heavy atom. The van der Waals surface area contributed by atoms with Crippen molar-refractivity contribution in [2.75, 3.05) is 0 Å². The summed E-state index contributed by atoms with van der Waals surface area (Å²) in [5, 5.41) is 11.4. The van der Waals surface area contributed by atoms with Gasteiger partial charge in [0.05, 0.1) is 6.10 Å². The maximum atomic E-state index is 10.2. The van der Waals surface area contributed by atoms with Crippen LogP contribution in [0.25, 0.3) is 0 Å². The Kier molecular flexibility index (Phi) is 4.49. The average Bonchev–Trinajstić information content (AvgIpc) is 2.33. The van der Waals surface area contributed by atoms with E-state index in [0.29, 0.717) is 16.5 Å². The van der Waals surface area contributed by atoms with E-state index < -0.39 is 6.10 Å². The summed E-state index contributed by atoms with van der Waals surface area (Å²) in [6.07, 6.45) is 7.07. The van der Waals surface area contributed by atoms with Crippen LogP contribution >= 0.6 is 23.2 Å². The van der Waals surface area contributed by atoms with E-state index in [1.165, 1.54) is 18.4 Å². The fraction of sp³-hybridized carbons (Fsp3) is 0.429. The molecule has 0 spiro atoms. The van der Waals surface area contributed by atoms with Gasteiger partial charge in [-0.1, -0.05) is 34.9 Å². The van der Waals surface area contributed by atoms with Crippen molar-refractivity contribution in [3.05, 3.63) is 45.5 Å². The second-order valence-electron chi connectivity index (χ2n) is 4.49. The van der Waals surface area contributed by atoms with Gasteiger partial charge in [0.25, 0.3) is 0 Å². The normalized spacial score (nSPS) is 17.7. The molecule has 17 heavy (non-hydrogen) atoms. The second-order valence-corrected chi connectivity index (χ2v) is 5.34. The first-order chi connectivity index (χ1) is 8.16. The van der Waals surface area contributed by atoms with Gasteiger partial charge in [0.2, 0.25) is 0 Å². The van der Waals surface area contributed by atoms with Gasteiger partial charge in [0.15, 0.2) is 0 Å². The lowest BCUT2D eigenvalue weighted by Crippen LogP contribution is -2.02. The van der Waals surface area contributed by atoms with Crippen molar-refractivity contribution in [3.63, 3.8) is 0 Å². The number of hydrogen-bond acceptors (Lipinski definition) is 1. The van der Waals surface area contributed by atoms with Crippen LogP contribution in [0.2, 0.25) is 10.0 Å². The molecule has 0 saturated carbocycles. The van der Waals surface area contributed by atoms with Crippen LogP contribution in [0.4, 0.5) is 0 Å². The molecule has 0 aliphatic heterocycles. The predicted octanol–water partition coefficient (Wildman–Crippen LogP) is 4.92. The summed E-state index contributed by atoms with van der Waals surface area (Å²) in [4.78, 5) is 0. The smallest absolute Gasteiger partial charge is 0.0842 e. The Labute approximate surface area is 112 Å². The number of halogens is 2. The van der Waals surface area contributed by atoms with Crippen LogP contribution in [-0.4, -0.2) is 5.11 Å². The second kappa shape index (κ2) is 5.90. The number of hydrogen-bond donors (Lipinski definition) is 1. The van der Waals surface area contributed by atoms with E-state index >= 15 is 0 Å². The summed E-state index contributed by atoms with van der Waals surface area (Å²) in [6.45, 7) is 0. The van der Waals surface area contributed by atoms with Crippen molar-refractivity contribution in [3.8, 4) is 0 Å². The molecule has 0 saturated heterocycles. The zero-order chi connectivity index (χ0) is 12.3. The van der Waals surface area contributed by atoms with Crippen molar-refractivity contribution in [1.29, 1.82) is 0 Å². The van der Waals surface area contributed by atoms with E-state index in [1.807, 2.05) is 0 Å². The Bertz CT molecular complexity index is 426. The topological polar surface area (TPSA) is 20.2 Å². The Hall–Kier alpha value is -0.500. The van der Waals surface area contributed by atoms with Gasteiger partial charge in [-0.15, -0.1) is 0 Å². The third-order valence-corrected chi connectivity index (χ3v) is 3.74. The van der Waals surface area contributed by atoms with Crippen LogP contribution in [0, 0.1) is 0 Å². The molecule has 2 rings (SSSR count). The van der Waals surface area contributed by atoms with Gasteiger partial charge in [-0.25, -0.2) is 0 Å². The zero-order valence-electron chi connectivity index (χ0n) is 9.63. The fourth-order valence-electron chi connectivity index (χ4n) is 2.22. The van der Waals surface area contributed by atoms with Gasteiger partial charge < -0.3 is 5.11 Å². The molecule has 1 nitrogen and oxygen atoms in total. The number of aliphatic hydroxyl groups excluding tert-OH is 1. The molecule has 0 radical (unpaired) electrons. The zero-order valence-corrected chi connectivity index (χ0v) is 11.1. The van der Waals surface area contributed by atoms with E-state index in [2.05, 4.69) is 6.08 Å². The first-order valence-electron chi connectivity index (χ1n) is 5.98. The molecule has 1 aromatic carbocycles. The maximum Gasteiger partial charge on any atom is 0.0842 e. The van der Waals surface area contributed by atoms with Crippen molar-refractivity contribution in [2.45, 2.75) is 38.2 Å². The molecule has 1 aliphatic rings. The van der Waals surface area contributed by atoms with Crippen molar-refractivity contribution in [1.82, 2.24) is 0 Å². The van der Waals surface area contributed by atoms with Crippen molar-refractivity contribution < 1.29 is 5.11 Å². The molecule has 0 fully saturated rings. The van der Waals surface area contributed by atoms with Crippen LogP contribution < -0.4 is 0 Å². The fourth-order valence-corrected chi connectivity index (χ4v) is 2.64. The summed E-state index contributed by atoms with van der Waals surface area (Å²) in [5.41, 5.74) is 2.06. The molecule has 1 atom stereocenters. The summed E-state index contributed by atoms with van der Waals surface area (Å²) >= 11 is 12.0. The lowest BCUT2D eigenvalue weighted by atomic mass is 9.93. The van der Waals surface area contributed by atoms with Crippen LogP contribution in [0.5, 0.6) is 0 Å². The number of benzene rings is 1. The highest BCUT2D eigenvalue weighted by molar-refractivity contribution is 6.33. The van der Waals surface area contributed by atoms with Gasteiger partial charge in [-0.3, -0.25) is 0 Å². The van der Waals surface area contributed by atoms with Gasteiger partial charge in [0.1, 0.15) is 0 Å². The molecule has 1 aromatic rings. The molecule has 3 heteroatoms. The number of aliphatic hydroxyl groups is 1. The lowest BCUT2D eigenvalue weighted by molar-refractivity contribution is 0.176. The van der Waals surface area contributed by atoms with Gasteiger partial charge in [-0.2, -0.15) is 0 Å². The molecular formula is C14H16Cl2O. The third kappa shape index (κ3) is 3.48. The minimum absolute atomic E-state index is 0.550. The first kappa shape index (κ1) is 12.9. The number of allylic oxidation sites excluding steroid dienone is 1. The summed E-state index contributed by atoms with van der Waals surface area (Å²) in [5.74, 6) is 0. The number of rotatable bonds is 3. The Balaban J connectivity index is 2.10. The molecular weight excluding hydrogens is 255 g/mol.